The number of ketones is 1. The highest BCUT2D eigenvalue weighted by Gasteiger charge is 2.32. The summed E-state index contributed by atoms with van der Waals surface area (Å²) < 4.78 is 0. The van der Waals surface area contributed by atoms with Gasteiger partial charge in [-0.15, -0.1) is 0 Å². The molecule has 2 aromatic rings. The van der Waals surface area contributed by atoms with E-state index in [0.717, 1.165) is 5.56 Å². The normalized spacial score (nSPS) is 17.6. The van der Waals surface area contributed by atoms with Crippen molar-refractivity contribution in [1.82, 2.24) is 5.32 Å². The van der Waals surface area contributed by atoms with E-state index in [0.29, 0.717) is 23.0 Å². The minimum Gasteiger partial charge on any atom is -0.326 e. The summed E-state index contributed by atoms with van der Waals surface area (Å²) in [5.41, 5.74) is 2.11. The fourth-order valence-electron chi connectivity index (χ4n) is 2.56. The summed E-state index contributed by atoms with van der Waals surface area (Å²) in [7, 11) is 0. The Kier molecular flexibility index (Phi) is 6.03. The molecule has 0 saturated carbocycles. The number of carbonyl (C=O) groups is 3. The second-order valence-corrected chi connectivity index (χ2v) is 7.28. The Morgan fingerprint density at radius 2 is 1.93 bits per heavy atom. The van der Waals surface area contributed by atoms with Crippen molar-refractivity contribution in [2.24, 2.45) is 4.99 Å². The second kappa shape index (κ2) is 8.64. The number of carbonyl (C=O) groups excluding carboxylic acids is 3. The zero-order valence-corrected chi connectivity index (χ0v) is 15.6. The molecule has 6 nitrogen and oxygen atoms in total. The Labute approximate surface area is 161 Å². The van der Waals surface area contributed by atoms with Crippen LogP contribution in [0.2, 0.25) is 0 Å². The van der Waals surface area contributed by atoms with Gasteiger partial charge in [-0.2, -0.15) is 0 Å². The van der Waals surface area contributed by atoms with Gasteiger partial charge in [-0.05, 0) is 24.6 Å². The van der Waals surface area contributed by atoms with E-state index in [1.807, 2.05) is 30.3 Å². The zero-order valence-electron chi connectivity index (χ0n) is 14.8. The van der Waals surface area contributed by atoms with Crippen LogP contribution < -0.4 is 10.6 Å². The van der Waals surface area contributed by atoms with Gasteiger partial charge in [0.25, 0.3) is 0 Å². The Hall–Kier alpha value is -2.93. The first-order valence-electron chi connectivity index (χ1n) is 8.48. The van der Waals surface area contributed by atoms with Gasteiger partial charge in [0.15, 0.2) is 11.0 Å². The highest BCUT2D eigenvalue weighted by Crippen LogP contribution is 2.23. The molecule has 0 radical (unpaired) electrons. The van der Waals surface area contributed by atoms with Gasteiger partial charge in [-0.3, -0.25) is 19.4 Å². The predicted molar refractivity (Wildman–Crippen MR) is 107 cm³/mol. The molecule has 2 N–H and O–H groups in total. The maximum atomic E-state index is 12.3. The van der Waals surface area contributed by atoms with E-state index in [4.69, 9.17) is 0 Å². The number of thioether (sulfide) groups is 1. The molecule has 0 aromatic heterocycles. The molecule has 0 spiro atoms. The number of anilines is 1. The molecule has 1 aliphatic rings. The van der Waals surface area contributed by atoms with E-state index < -0.39 is 5.25 Å². The first-order chi connectivity index (χ1) is 13.0. The third kappa shape index (κ3) is 5.27. The van der Waals surface area contributed by atoms with Crippen LogP contribution in [0.3, 0.4) is 0 Å². The second-order valence-electron chi connectivity index (χ2n) is 6.09. The molecule has 3 rings (SSSR count). The van der Waals surface area contributed by atoms with E-state index in [1.165, 1.54) is 18.7 Å². The summed E-state index contributed by atoms with van der Waals surface area (Å²) in [5, 5.41) is 5.46. The van der Waals surface area contributed by atoms with Crippen molar-refractivity contribution < 1.29 is 14.4 Å². The van der Waals surface area contributed by atoms with Crippen molar-refractivity contribution >= 4 is 40.2 Å². The van der Waals surface area contributed by atoms with Crippen molar-refractivity contribution in [3.05, 3.63) is 65.7 Å². The fraction of sp³-hybridized carbons (Fsp3) is 0.200. The van der Waals surface area contributed by atoms with Crippen molar-refractivity contribution in [1.29, 1.82) is 0 Å². The molecule has 1 atom stereocenters. The molecule has 2 amide bonds. The highest BCUT2D eigenvalue weighted by atomic mass is 32.2. The van der Waals surface area contributed by atoms with Crippen molar-refractivity contribution in [2.45, 2.75) is 25.1 Å². The highest BCUT2D eigenvalue weighted by molar-refractivity contribution is 8.15. The summed E-state index contributed by atoms with van der Waals surface area (Å²) in [5.74, 6) is -0.580. The molecule has 138 valence electrons. The van der Waals surface area contributed by atoms with Crippen LogP contribution in [-0.2, 0) is 16.1 Å². The van der Waals surface area contributed by atoms with Crippen molar-refractivity contribution in [3.63, 3.8) is 0 Å². The number of nitrogens with zero attached hydrogens (tertiary/aromatic N) is 1. The van der Waals surface area contributed by atoms with Crippen molar-refractivity contribution in [2.75, 3.05) is 5.32 Å². The van der Waals surface area contributed by atoms with Crippen LogP contribution in [0.25, 0.3) is 0 Å². The molecular formula is C20H19N3O3S. The van der Waals surface area contributed by atoms with Gasteiger partial charge in [-0.25, -0.2) is 0 Å². The Morgan fingerprint density at radius 3 is 2.67 bits per heavy atom. The summed E-state index contributed by atoms with van der Waals surface area (Å²) in [4.78, 5) is 40.2. The van der Waals surface area contributed by atoms with Crippen LogP contribution in [0, 0.1) is 0 Å². The van der Waals surface area contributed by atoms with Crippen LogP contribution in [0.15, 0.2) is 59.6 Å². The average Bonchev–Trinajstić information content (AvgIpc) is 3.00. The molecule has 27 heavy (non-hydrogen) atoms. The molecule has 2 aromatic carbocycles. The number of aliphatic imine (C=N–C) groups is 1. The SMILES string of the molecule is CC(=O)c1cccc(NC(=O)CC2SC(=NCc3ccccc3)NC2=O)c1. The predicted octanol–water partition coefficient (Wildman–Crippen LogP) is 3.01. The molecule has 1 heterocycles. The number of Topliss-reactive ketones (excluding diaryl/α,β-unsaturated/α-hetero) is 1. The summed E-state index contributed by atoms with van der Waals surface area (Å²) in [6, 6.07) is 16.5. The summed E-state index contributed by atoms with van der Waals surface area (Å²) >= 11 is 1.26. The van der Waals surface area contributed by atoms with Gasteiger partial charge in [-0.1, -0.05) is 54.2 Å². The lowest BCUT2D eigenvalue weighted by Crippen LogP contribution is -2.28. The third-order valence-corrected chi connectivity index (χ3v) is 5.07. The number of benzene rings is 2. The summed E-state index contributed by atoms with van der Waals surface area (Å²) in [6.45, 7) is 1.94. The van der Waals surface area contributed by atoms with Gasteiger partial charge in [0.1, 0.15) is 5.25 Å². The lowest BCUT2D eigenvalue weighted by molar-refractivity contribution is -0.122. The molecule has 1 saturated heterocycles. The smallest absolute Gasteiger partial charge is 0.240 e. The molecule has 1 unspecified atom stereocenters. The minimum absolute atomic E-state index is 0.0329. The van der Waals surface area contributed by atoms with Gasteiger partial charge < -0.3 is 10.6 Å². The van der Waals surface area contributed by atoms with E-state index in [1.54, 1.807) is 24.3 Å². The lowest BCUT2D eigenvalue weighted by atomic mass is 10.1. The Bertz CT molecular complexity index is 896. The molecular weight excluding hydrogens is 362 g/mol. The molecule has 1 fully saturated rings. The minimum atomic E-state index is -0.518. The first kappa shape index (κ1) is 18.8. The maximum absolute atomic E-state index is 12.3. The number of hydrogen-bond acceptors (Lipinski definition) is 5. The average molecular weight is 381 g/mol. The monoisotopic (exact) mass is 381 g/mol. The van der Waals surface area contributed by atoms with Gasteiger partial charge in [0.2, 0.25) is 11.8 Å². The third-order valence-electron chi connectivity index (χ3n) is 3.95. The van der Waals surface area contributed by atoms with Crippen LogP contribution in [-0.4, -0.2) is 28.0 Å². The van der Waals surface area contributed by atoms with E-state index in [9.17, 15) is 14.4 Å². The van der Waals surface area contributed by atoms with Gasteiger partial charge in [0, 0.05) is 17.7 Å². The number of amidine groups is 1. The topological polar surface area (TPSA) is 87.6 Å². The molecule has 7 heteroatoms. The maximum Gasteiger partial charge on any atom is 0.240 e. The van der Waals surface area contributed by atoms with E-state index >= 15 is 0 Å². The quantitative estimate of drug-likeness (QED) is 0.753. The van der Waals surface area contributed by atoms with Crippen LogP contribution in [0.1, 0.15) is 29.3 Å². The largest absolute Gasteiger partial charge is 0.326 e. The number of nitrogens with one attached hydrogen (secondary N) is 2. The first-order valence-corrected chi connectivity index (χ1v) is 9.36. The number of amides is 2. The Balaban J connectivity index is 1.56. The lowest BCUT2D eigenvalue weighted by Gasteiger charge is -2.08. The summed E-state index contributed by atoms with van der Waals surface area (Å²) in [6.07, 6.45) is 0.0329. The van der Waals surface area contributed by atoms with Gasteiger partial charge >= 0.3 is 0 Å². The van der Waals surface area contributed by atoms with E-state index in [2.05, 4.69) is 15.6 Å². The number of hydrogen-bond donors (Lipinski definition) is 2. The number of rotatable bonds is 6. The zero-order chi connectivity index (χ0) is 19.2. The van der Waals surface area contributed by atoms with Crippen LogP contribution in [0.4, 0.5) is 5.69 Å². The molecule has 0 bridgehead atoms. The van der Waals surface area contributed by atoms with Crippen LogP contribution >= 0.6 is 11.8 Å². The Morgan fingerprint density at radius 1 is 1.15 bits per heavy atom. The van der Waals surface area contributed by atoms with Gasteiger partial charge in [0.05, 0.1) is 6.54 Å². The van der Waals surface area contributed by atoms with Crippen LogP contribution in [0.5, 0.6) is 0 Å². The molecule has 1 aliphatic heterocycles. The fourth-order valence-corrected chi connectivity index (χ4v) is 3.53. The standard InChI is InChI=1S/C20H19N3O3S/c1-13(24)15-8-5-9-16(10-15)22-18(25)11-17-19(26)23-20(27-17)21-12-14-6-3-2-4-7-14/h2-10,17H,11-12H2,1H3,(H,22,25)(H,21,23,26). The molecule has 0 aliphatic carbocycles. The van der Waals surface area contributed by atoms with Crippen molar-refractivity contribution in [3.8, 4) is 0 Å². The van der Waals surface area contributed by atoms with E-state index in [-0.39, 0.29) is 24.0 Å².